The second-order valence-corrected chi connectivity index (χ2v) is 8.28. The molecule has 0 bridgehead atoms. The number of aliphatic imine (C=N–C) groups is 1. The number of aromatic amines is 1. The first kappa shape index (κ1) is 21.2. The molecule has 1 amide bonds. The summed E-state index contributed by atoms with van der Waals surface area (Å²) < 4.78 is 0.973. The van der Waals surface area contributed by atoms with Gasteiger partial charge in [-0.1, -0.05) is 45.7 Å². The summed E-state index contributed by atoms with van der Waals surface area (Å²) in [5.74, 6) is 0.134. The van der Waals surface area contributed by atoms with Gasteiger partial charge < -0.3 is 10.3 Å². The van der Waals surface area contributed by atoms with Crippen LogP contribution >= 0.6 is 27.5 Å². The molecule has 0 aliphatic heterocycles. The topological polar surface area (TPSA) is 69.3 Å². The maximum absolute atomic E-state index is 12.7. The first-order chi connectivity index (χ1) is 15.1. The van der Waals surface area contributed by atoms with E-state index in [9.17, 15) is 4.79 Å². The van der Waals surface area contributed by atoms with Gasteiger partial charge in [-0.2, -0.15) is 0 Å². The number of H-pyrrole nitrogens is 1. The van der Waals surface area contributed by atoms with Crippen LogP contribution in [0.2, 0.25) is 5.02 Å². The van der Waals surface area contributed by atoms with Gasteiger partial charge in [0, 0.05) is 44.4 Å². The minimum absolute atomic E-state index is 0.257. The molecule has 0 saturated carbocycles. The zero-order valence-corrected chi connectivity index (χ0v) is 18.9. The summed E-state index contributed by atoms with van der Waals surface area (Å²) in [5.41, 5.74) is 3.62. The van der Waals surface area contributed by atoms with Crippen LogP contribution in [0, 0.1) is 0 Å². The van der Waals surface area contributed by atoms with Gasteiger partial charge in [-0.05, 0) is 66.6 Å². The third-order valence-corrected chi connectivity index (χ3v) is 5.55. The number of hydrogen-bond donors (Lipinski definition) is 3. The number of hydrogen-bond acceptors (Lipinski definition) is 2. The molecule has 31 heavy (non-hydrogen) atoms. The van der Waals surface area contributed by atoms with Crippen LogP contribution in [0.25, 0.3) is 10.9 Å². The number of amides is 1. The van der Waals surface area contributed by atoms with Crippen molar-refractivity contribution < 1.29 is 4.79 Å². The molecule has 3 aromatic carbocycles. The van der Waals surface area contributed by atoms with Gasteiger partial charge in [0.05, 0.1) is 0 Å². The average molecular weight is 496 g/mol. The van der Waals surface area contributed by atoms with Crippen molar-refractivity contribution in [3.05, 3.63) is 99.6 Å². The number of anilines is 1. The van der Waals surface area contributed by atoms with Crippen molar-refractivity contribution in [3.8, 4) is 0 Å². The number of halogens is 2. The summed E-state index contributed by atoms with van der Waals surface area (Å²) in [5, 5.41) is 7.84. The fourth-order valence-corrected chi connectivity index (χ4v) is 3.58. The lowest BCUT2D eigenvalue weighted by atomic mass is 10.1. The Kier molecular flexibility index (Phi) is 6.70. The maximum atomic E-state index is 12.7. The minimum atomic E-state index is -0.257. The summed E-state index contributed by atoms with van der Waals surface area (Å²) in [4.78, 5) is 20.6. The molecule has 1 aromatic heterocycles. The van der Waals surface area contributed by atoms with E-state index >= 15 is 0 Å². The van der Waals surface area contributed by atoms with Gasteiger partial charge in [-0.25, -0.2) is 0 Å². The first-order valence-electron chi connectivity index (χ1n) is 9.77. The molecular weight excluding hydrogens is 476 g/mol. The predicted octanol–water partition coefficient (Wildman–Crippen LogP) is 6.02. The Morgan fingerprint density at radius 1 is 1.00 bits per heavy atom. The van der Waals surface area contributed by atoms with Crippen LogP contribution in [0.5, 0.6) is 0 Å². The fourth-order valence-electron chi connectivity index (χ4n) is 3.19. The molecule has 1 heterocycles. The molecule has 0 atom stereocenters. The first-order valence-corrected chi connectivity index (χ1v) is 10.9. The molecule has 3 N–H and O–H groups in total. The zero-order valence-electron chi connectivity index (χ0n) is 16.5. The number of guanidine groups is 1. The number of carbonyl (C=O) groups is 1. The number of benzene rings is 3. The van der Waals surface area contributed by atoms with Gasteiger partial charge >= 0.3 is 0 Å². The third-order valence-electron chi connectivity index (χ3n) is 4.77. The molecule has 0 unspecified atom stereocenters. The standard InChI is InChI=1S/C24H20BrClN4O/c25-18-7-11-20(12-8-18)29-24(30-23(31)16-5-9-19(26)10-6-16)27-14-13-17-15-28-22-4-2-1-3-21(17)22/h1-12,15,28H,13-14H2,(H2,27,29,30,31). The molecule has 156 valence electrons. The normalized spacial score (nSPS) is 11.5. The largest absolute Gasteiger partial charge is 0.361 e. The van der Waals surface area contributed by atoms with Crippen LogP contribution in [-0.4, -0.2) is 23.4 Å². The summed E-state index contributed by atoms with van der Waals surface area (Å²) in [6, 6.07) is 22.6. The second kappa shape index (κ2) is 9.81. The van der Waals surface area contributed by atoms with Crippen molar-refractivity contribution >= 4 is 56.0 Å². The van der Waals surface area contributed by atoms with Gasteiger partial charge in [0.2, 0.25) is 5.96 Å². The molecule has 5 nitrogen and oxygen atoms in total. The highest BCUT2D eigenvalue weighted by Gasteiger charge is 2.10. The molecule has 0 saturated heterocycles. The second-order valence-electron chi connectivity index (χ2n) is 6.93. The lowest BCUT2D eigenvalue weighted by molar-refractivity contribution is 0.0977. The van der Waals surface area contributed by atoms with Crippen LogP contribution in [0.4, 0.5) is 5.69 Å². The number of nitrogens with one attached hydrogen (secondary N) is 3. The smallest absolute Gasteiger partial charge is 0.257 e. The SMILES string of the molecule is O=C(NC(=NCCc1c[nH]c2ccccc12)Nc1ccc(Br)cc1)c1ccc(Cl)cc1. The van der Waals surface area contributed by atoms with E-state index in [0.29, 0.717) is 23.1 Å². The predicted molar refractivity (Wildman–Crippen MR) is 131 cm³/mol. The van der Waals surface area contributed by atoms with Gasteiger partial charge in [0.15, 0.2) is 0 Å². The number of para-hydroxylation sites is 1. The van der Waals surface area contributed by atoms with Crippen molar-refractivity contribution in [2.45, 2.75) is 6.42 Å². The van der Waals surface area contributed by atoms with E-state index in [4.69, 9.17) is 11.6 Å². The lowest BCUT2D eigenvalue weighted by Crippen LogP contribution is -2.36. The monoisotopic (exact) mass is 494 g/mol. The highest BCUT2D eigenvalue weighted by Crippen LogP contribution is 2.18. The van der Waals surface area contributed by atoms with Gasteiger partial charge in [0.25, 0.3) is 5.91 Å². The third kappa shape index (κ3) is 5.54. The number of aromatic nitrogens is 1. The van der Waals surface area contributed by atoms with Crippen LogP contribution in [0.3, 0.4) is 0 Å². The highest BCUT2D eigenvalue weighted by molar-refractivity contribution is 9.10. The Morgan fingerprint density at radius 2 is 1.74 bits per heavy atom. The summed E-state index contributed by atoms with van der Waals surface area (Å²) >= 11 is 9.36. The molecule has 7 heteroatoms. The van der Waals surface area contributed by atoms with E-state index in [1.165, 1.54) is 10.9 Å². The number of fused-ring (bicyclic) bond motifs is 1. The average Bonchev–Trinajstić information content (AvgIpc) is 3.19. The van der Waals surface area contributed by atoms with E-state index in [-0.39, 0.29) is 5.91 Å². The Balaban J connectivity index is 1.51. The number of rotatable bonds is 5. The molecule has 0 radical (unpaired) electrons. The summed E-state index contributed by atoms with van der Waals surface area (Å²) in [6.45, 7) is 0.515. The Hall–Kier alpha value is -3.09. The lowest BCUT2D eigenvalue weighted by Gasteiger charge is -2.12. The number of nitrogens with zero attached hydrogens (tertiary/aromatic N) is 1. The molecule has 4 rings (SSSR count). The number of carbonyl (C=O) groups excluding carboxylic acids is 1. The van der Waals surface area contributed by atoms with Crippen molar-refractivity contribution in [1.82, 2.24) is 10.3 Å². The van der Waals surface area contributed by atoms with Gasteiger partial charge in [-0.15, -0.1) is 0 Å². The zero-order chi connectivity index (χ0) is 21.6. The molecule has 0 spiro atoms. The quantitative estimate of drug-likeness (QED) is 0.234. The van der Waals surface area contributed by atoms with E-state index in [1.807, 2.05) is 42.6 Å². The van der Waals surface area contributed by atoms with Crippen LogP contribution in [-0.2, 0) is 6.42 Å². The molecular formula is C24H20BrClN4O. The van der Waals surface area contributed by atoms with E-state index in [2.05, 4.69) is 48.7 Å². The molecule has 4 aromatic rings. The van der Waals surface area contributed by atoms with Crippen LogP contribution in [0.15, 0.2) is 88.5 Å². The van der Waals surface area contributed by atoms with Crippen LogP contribution in [0.1, 0.15) is 15.9 Å². The Morgan fingerprint density at radius 3 is 2.52 bits per heavy atom. The Labute approximate surface area is 193 Å². The molecule has 0 aliphatic rings. The highest BCUT2D eigenvalue weighted by atomic mass is 79.9. The van der Waals surface area contributed by atoms with E-state index in [0.717, 1.165) is 22.1 Å². The summed E-state index contributed by atoms with van der Waals surface area (Å²) in [6.07, 6.45) is 2.75. The van der Waals surface area contributed by atoms with Crippen molar-refractivity contribution in [1.29, 1.82) is 0 Å². The van der Waals surface area contributed by atoms with Gasteiger partial charge in [0.1, 0.15) is 0 Å². The van der Waals surface area contributed by atoms with Crippen molar-refractivity contribution in [2.24, 2.45) is 4.99 Å². The van der Waals surface area contributed by atoms with Crippen LogP contribution < -0.4 is 10.6 Å². The molecule has 0 aliphatic carbocycles. The summed E-state index contributed by atoms with van der Waals surface area (Å²) in [7, 11) is 0. The van der Waals surface area contributed by atoms with E-state index < -0.39 is 0 Å². The van der Waals surface area contributed by atoms with Gasteiger partial charge in [-0.3, -0.25) is 15.1 Å². The fraction of sp³-hybridized carbons (Fsp3) is 0.0833. The van der Waals surface area contributed by atoms with Crippen molar-refractivity contribution in [3.63, 3.8) is 0 Å². The maximum Gasteiger partial charge on any atom is 0.257 e. The molecule has 0 fully saturated rings. The van der Waals surface area contributed by atoms with E-state index in [1.54, 1.807) is 24.3 Å². The minimum Gasteiger partial charge on any atom is -0.361 e. The van der Waals surface area contributed by atoms with Crippen molar-refractivity contribution in [2.75, 3.05) is 11.9 Å². The Bertz CT molecular complexity index is 1220.